The second-order valence-electron chi connectivity index (χ2n) is 11.6. The van der Waals surface area contributed by atoms with Crippen molar-refractivity contribution in [1.29, 1.82) is 0 Å². The summed E-state index contributed by atoms with van der Waals surface area (Å²) in [5, 5.41) is 22.5. The van der Waals surface area contributed by atoms with Crippen molar-refractivity contribution >= 4 is 29.4 Å². The van der Waals surface area contributed by atoms with Crippen LogP contribution in [0.4, 0.5) is 0 Å². The number of benzene rings is 2. The molecule has 10 nitrogen and oxygen atoms in total. The van der Waals surface area contributed by atoms with E-state index < -0.39 is 47.1 Å². The number of hydrogen-bond acceptors (Lipinski definition) is 6. The molecule has 1 heterocycles. The maximum absolute atomic E-state index is 14.0. The van der Waals surface area contributed by atoms with Crippen molar-refractivity contribution in [2.45, 2.75) is 69.1 Å². The number of rotatable bonds is 10. The summed E-state index contributed by atoms with van der Waals surface area (Å²) in [5.74, 6) is -3.68. The number of ketones is 1. The molecule has 2 fully saturated rings. The van der Waals surface area contributed by atoms with Gasteiger partial charge in [-0.05, 0) is 36.3 Å². The molecule has 3 aliphatic rings. The highest BCUT2D eigenvalue weighted by Crippen LogP contribution is 2.47. The standard InChI is InChI=1S/C32H38N4O6/c1-33-30(40)27(37)25(18-20-15-16-34-28(20)38)35-29(39)26(17-19-9-3-2-4-10-19)36-31(41)32(42)23-13-7-5-11-21(23)22-12-6-8-14-24(22)32/h5-8,11-14,19-20,25-26,42H,2-4,9-10,15-18H2,1H3,(H,33,40)(H,34,38)(H,35,39)(H,36,41)/t20-,25+,26+/m0/s1. The van der Waals surface area contributed by atoms with E-state index in [1.54, 1.807) is 24.3 Å². The summed E-state index contributed by atoms with van der Waals surface area (Å²) < 4.78 is 0. The van der Waals surface area contributed by atoms with Crippen LogP contribution in [0.3, 0.4) is 0 Å². The van der Waals surface area contributed by atoms with E-state index in [-0.39, 0.29) is 18.2 Å². The van der Waals surface area contributed by atoms with Crippen molar-refractivity contribution in [3.63, 3.8) is 0 Å². The van der Waals surface area contributed by atoms with Gasteiger partial charge in [0.1, 0.15) is 6.04 Å². The first kappa shape index (κ1) is 29.4. The first-order valence-corrected chi connectivity index (χ1v) is 14.8. The highest BCUT2D eigenvalue weighted by Gasteiger charge is 2.49. The molecular formula is C32H38N4O6. The topological polar surface area (TPSA) is 154 Å². The van der Waals surface area contributed by atoms with E-state index in [1.165, 1.54) is 7.05 Å². The molecule has 42 heavy (non-hydrogen) atoms. The summed E-state index contributed by atoms with van der Waals surface area (Å²) >= 11 is 0. The Morgan fingerprint density at radius 3 is 2.07 bits per heavy atom. The minimum absolute atomic E-state index is 0.0292. The van der Waals surface area contributed by atoms with Gasteiger partial charge in [-0.1, -0.05) is 80.6 Å². The minimum atomic E-state index is -2.02. The molecule has 2 aliphatic carbocycles. The lowest BCUT2D eigenvalue weighted by molar-refractivity contribution is -0.142. The Hall–Kier alpha value is -4.05. The van der Waals surface area contributed by atoms with Gasteiger partial charge >= 0.3 is 0 Å². The van der Waals surface area contributed by atoms with Crippen molar-refractivity contribution in [1.82, 2.24) is 21.3 Å². The van der Waals surface area contributed by atoms with E-state index >= 15 is 0 Å². The molecule has 4 amide bonds. The quantitative estimate of drug-likeness (QED) is 0.272. The van der Waals surface area contributed by atoms with E-state index in [2.05, 4.69) is 21.3 Å². The lowest BCUT2D eigenvalue weighted by atomic mass is 9.84. The number of Topliss-reactive ketones (excluding diaryl/α,β-unsaturated/α-hetero) is 1. The normalized spacial score (nSPS) is 20.4. The zero-order valence-electron chi connectivity index (χ0n) is 23.8. The Morgan fingerprint density at radius 1 is 0.881 bits per heavy atom. The maximum Gasteiger partial charge on any atom is 0.289 e. The molecule has 0 radical (unpaired) electrons. The lowest BCUT2D eigenvalue weighted by Gasteiger charge is -2.31. The molecule has 1 aliphatic heterocycles. The van der Waals surface area contributed by atoms with Crippen LogP contribution in [-0.4, -0.2) is 60.2 Å². The number of amides is 4. The monoisotopic (exact) mass is 574 g/mol. The first-order chi connectivity index (χ1) is 20.2. The molecule has 2 aromatic rings. The van der Waals surface area contributed by atoms with Crippen LogP contribution in [-0.2, 0) is 29.6 Å². The van der Waals surface area contributed by atoms with Gasteiger partial charge in [0, 0.05) is 30.6 Å². The predicted molar refractivity (Wildman–Crippen MR) is 155 cm³/mol. The summed E-state index contributed by atoms with van der Waals surface area (Å²) in [6, 6.07) is 12.0. The maximum atomic E-state index is 14.0. The number of likely N-dealkylation sites (N-methyl/N-ethyl adjacent to an activating group) is 1. The van der Waals surface area contributed by atoms with Crippen LogP contribution in [0, 0.1) is 11.8 Å². The van der Waals surface area contributed by atoms with E-state index in [1.807, 2.05) is 24.3 Å². The summed E-state index contributed by atoms with van der Waals surface area (Å²) in [6.07, 6.45) is 5.73. The van der Waals surface area contributed by atoms with E-state index in [0.717, 1.165) is 43.2 Å². The Morgan fingerprint density at radius 2 is 1.50 bits per heavy atom. The van der Waals surface area contributed by atoms with Crippen molar-refractivity contribution in [2.24, 2.45) is 11.8 Å². The molecule has 5 N–H and O–H groups in total. The average Bonchev–Trinajstić information content (AvgIpc) is 3.54. The van der Waals surface area contributed by atoms with Crippen LogP contribution < -0.4 is 21.3 Å². The fourth-order valence-electron chi connectivity index (χ4n) is 6.65. The summed E-state index contributed by atoms with van der Waals surface area (Å²) in [6.45, 7) is 0.459. The SMILES string of the molecule is CNC(=O)C(=O)[C@@H](C[C@@H]1CCNC1=O)NC(=O)[C@@H](CC1CCCCC1)NC(=O)C1(O)c2ccccc2-c2ccccc21. The van der Waals surface area contributed by atoms with Crippen LogP contribution in [0.5, 0.6) is 0 Å². The van der Waals surface area contributed by atoms with Crippen LogP contribution in [0.25, 0.3) is 11.1 Å². The third kappa shape index (κ3) is 5.68. The van der Waals surface area contributed by atoms with Crippen molar-refractivity contribution < 1.29 is 29.1 Å². The second-order valence-corrected chi connectivity index (χ2v) is 11.6. The van der Waals surface area contributed by atoms with E-state index in [0.29, 0.717) is 30.5 Å². The summed E-state index contributed by atoms with van der Waals surface area (Å²) in [5.41, 5.74) is 0.327. The number of aliphatic hydroxyl groups is 1. The van der Waals surface area contributed by atoms with Gasteiger partial charge in [0.25, 0.3) is 11.8 Å². The summed E-state index contributed by atoms with van der Waals surface area (Å²) in [7, 11) is 1.32. The molecule has 0 aromatic heterocycles. The zero-order valence-corrected chi connectivity index (χ0v) is 23.8. The Balaban J connectivity index is 1.42. The Labute approximate surface area is 245 Å². The van der Waals surface area contributed by atoms with E-state index in [9.17, 15) is 29.1 Å². The number of carbonyl (C=O) groups excluding carboxylic acids is 5. The van der Waals surface area contributed by atoms with Gasteiger partial charge in [-0.3, -0.25) is 24.0 Å². The molecule has 1 saturated heterocycles. The third-order valence-electron chi connectivity index (χ3n) is 8.93. The molecule has 0 unspecified atom stereocenters. The fraction of sp³-hybridized carbons (Fsp3) is 0.469. The fourth-order valence-corrected chi connectivity index (χ4v) is 6.65. The van der Waals surface area contributed by atoms with Crippen LogP contribution in [0.1, 0.15) is 62.5 Å². The molecule has 2 aromatic carbocycles. The van der Waals surface area contributed by atoms with Crippen molar-refractivity contribution in [3.8, 4) is 11.1 Å². The number of hydrogen-bond donors (Lipinski definition) is 5. The van der Waals surface area contributed by atoms with Gasteiger partial charge in [0.15, 0.2) is 5.60 Å². The highest BCUT2D eigenvalue weighted by atomic mass is 16.3. The number of fused-ring (bicyclic) bond motifs is 3. The molecule has 0 spiro atoms. The van der Waals surface area contributed by atoms with E-state index in [4.69, 9.17) is 0 Å². The number of nitrogens with one attached hydrogen (secondary N) is 4. The van der Waals surface area contributed by atoms with Gasteiger partial charge < -0.3 is 26.4 Å². The molecule has 3 atom stereocenters. The molecule has 1 saturated carbocycles. The van der Waals surface area contributed by atoms with Gasteiger partial charge in [-0.15, -0.1) is 0 Å². The number of carbonyl (C=O) groups is 5. The minimum Gasteiger partial charge on any atom is -0.372 e. The average molecular weight is 575 g/mol. The largest absolute Gasteiger partial charge is 0.372 e. The Bertz CT molecular complexity index is 1340. The molecule has 10 heteroatoms. The second kappa shape index (κ2) is 12.4. The van der Waals surface area contributed by atoms with Crippen molar-refractivity contribution in [2.75, 3.05) is 13.6 Å². The molecular weight excluding hydrogens is 536 g/mol. The zero-order chi connectivity index (χ0) is 29.9. The van der Waals surface area contributed by atoms with Gasteiger partial charge in [0.2, 0.25) is 17.6 Å². The van der Waals surface area contributed by atoms with Crippen LogP contribution in [0.2, 0.25) is 0 Å². The highest BCUT2D eigenvalue weighted by molar-refractivity contribution is 6.38. The third-order valence-corrected chi connectivity index (χ3v) is 8.93. The van der Waals surface area contributed by atoms with Gasteiger partial charge in [0.05, 0.1) is 6.04 Å². The van der Waals surface area contributed by atoms with Crippen LogP contribution in [0.15, 0.2) is 48.5 Å². The van der Waals surface area contributed by atoms with Crippen molar-refractivity contribution in [3.05, 3.63) is 59.7 Å². The molecule has 5 rings (SSSR count). The lowest BCUT2D eigenvalue weighted by Crippen LogP contribution is -2.57. The predicted octanol–water partition coefficient (Wildman–Crippen LogP) is 1.68. The van der Waals surface area contributed by atoms with Gasteiger partial charge in [-0.25, -0.2) is 0 Å². The first-order valence-electron chi connectivity index (χ1n) is 14.8. The van der Waals surface area contributed by atoms with Crippen LogP contribution >= 0.6 is 0 Å². The Kier molecular flexibility index (Phi) is 8.72. The van der Waals surface area contributed by atoms with Gasteiger partial charge in [-0.2, -0.15) is 0 Å². The molecule has 0 bridgehead atoms. The molecule has 222 valence electrons. The smallest absolute Gasteiger partial charge is 0.289 e. The summed E-state index contributed by atoms with van der Waals surface area (Å²) in [4.78, 5) is 65.4.